The summed E-state index contributed by atoms with van der Waals surface area (Å²) in [5, 5.41) is 0.967. The van der Waals surface area contributed by atoms with Crippen molar-refractivity contribution in [2.24, 2.45) is 0 Å². The average molecular weight is 301 g/mol. The van der Waals surface area contributed by atoms with Crippen LogP contribution in [0.2, 0.25) is 0 Å². The molecule has 0 aliphatic heterocycles. The van der Waals surface area contributed by atoms with Crippen molar-refractivity contribution in [3.63, 3.8) is 0 Å². The highest BCUT2D eigenvalue weighted by atomic mass is 79.9. The van der Waals surface area contributed by atoms with Gasteiger partial charge in [-0.25, -0.2) is 4.79 Å². The first-order valence-corrected chi connectivity index (χ1v) is 6.75. The zero-order valence-corrected chi connectivity index (χ0v) is 11.7. The Hall–Kier alpha value is -1.03. The molecule has 1 aromatic carbocycles. The molecule has 0 aliphatic carbocycles. The normalized spacial score (nSPS) is 10.1. The highest BCUT2D eigenvalue weighted by molar-refractivity contribution is 9.09. The van der Waals surface area contributed by atoms with Crippen LogP contribution in [0.25, 0.3) is 0 Å². The number of aryl methyl sites for hydroxylation is 1. The predicted octanol–water partition coefficient (Wildman–Crippen LogP) is 3.20. The van der Waals surface area contributed by atoms with E-state index < -0.39 is 0 Å². The second kappa shape index (κ2) is 7.33. The lowest BCUT2D eigenvalue weighted by Crippen LogP contribution is -2.07. The maximum atomic E-state index is 11.6. The summed E-state index contributed by atoms with van der Waals surface area (Å²) in [6.07, 6.45) is 2.02. The van der Waals surface area contributed by atoms with Crippen LogP contribution in [-0.4, -0.2) is 25.0 Å². The van der Waals surface area contributed by atoms with Gasteiger partial charge in [-0.1, -0.05) is 22.0 Å². The Morgan fingerprint density at radius 1 is 1.41 bits per heavy atom. The maximum absolute atomic E-state index is 11.6. The van der Waals surface area contributed by atoms with Crippen LogP contribution in [0.15, 0.2) is 18.2 Å². The van der Waals surface area contributed by atoms with Crippen LogP contribution in [0.3, 0.4) is 0 Å². The van der Waals surface area contributed by atoms with E-state index in [9.17, 15) is 4.79 Å². The molecule has 0 atom stereocenters. The molecule has 0 spiro atoms. The molecular weight excluding hydrogens is 284 g/mol. The smallest absolute Gasteiger partial charge is 0.341 e. The third kappa shape index (κ3) is 4.04. The lowest BCUT2D eigenvalue weighted by atomic mass is 10.1. The van der Waals surface area contributed by atoms with Crippen molar-refractivity contribution in [2.45, 2.75) is 19.8 Å². The molecule has 94 valence electrons. The number of halogens is 1. The Labute approximate surface area is 110 Å². The van der Waals surface area contributed by atoms with Crippen LogP contribution in [-0.2, 0) is 11.2 Å². The lowest BCUT2D eigenvalue weighted by molar-refractivity contribution is 0.0522. The molecule has 0 heterocycles. The predicted molar refractivity (Wildman–Crippen MR) is 71.1 cm³/mol. The number of benzene rings is 1. The zero-order chi connectivity index (χ0) is 12.7. The Bertz CT molecular complexity index is 377. The fourth-order valence-corrected chi connectivity index (χ4v) is 1.82. The summed E-state index contributed by atoms with van der Waals surface area (Å²) in [6.45, 7) is 2.15. The van der Waals surface area contributed by atoms with E-state index in [1.54, 1.807) is 20.1 Å². The van der Waals surface area contributed by atoms with Crippen LogP contribution in [0.1, 0.15) is 29.3 Å². The minimum absolute atomic E-state index is 0.337. The molecule has 0 saturated carbocycles. The number of carbonyl (C=O) groups is 1. The Kier molecular flexibility index (Phi) is 6.05. The minimum Gasteiger partial charge on any atom is -0.496 e. The molecule has 4 heteroatoms. The van der Waals surface area contributed by atoms with E-state index in [2.05, 4.69) is 15.9 Å². The quantitative estimate of drug-likeness (QED) is 0.598. The number of hydrogen-bond donors (Lipinski definition) is 0. The maximum Gasteiger partial charge on any atom is 0.341 e. The molecule has 0 N–H and O–H groups in total. The summed E-state index contributed by atoms with van der Waals surface area (Å²) in [5.41, 5.74) is 1.64. The lowest BCUT2D eigenvalue weighted by Gasteiger charge is -2.09. The van der Waals surface area contributed by atoms with Crippen LogP contribution in [0.5, 0.6) is 5.75 Å². The Balaban J connectivity index is 2.88. The van der Waals surface area contributed by atoms with Gasteiger partial charge in [0.25, 0.3) is 0 Å². The second-order valence-corrected chi connectivity index (χ2v) is 4.34. The zero-order valence-electron chi connectivity index (χ0n) is 10.2. The number of ether oxygens (including phenoxy) is 2. The molecule has 0 aromatic heterocycles. The van der Waals surface area contributed by atoms with E-state index >= 15 is 0 Å². The summed E-state index contributed by atoms with van der Waals surface area (Å²) in [6, 6.07) is 5.60. The van der Waals surface area contributed by atoms with Crippen molar-refractivity contribution in [1.29, 1.82) is 0 Å². The summed E-state index contributed by atoms with van der Waals surface area (Å²) in [5.74, 6) is 0.243. The Morgan fingerprint density at radius 2 is 2.18 bits per heavy atom. The highest BCUT2D eigenvalue weighted by Crippen LogP contribution is 2.22. The number of rotatable bonds is 6. The van der Waals surface area contributed by atoms with Crippen molar-refractivity contribution in [3.05, 3.63) is 29.3 Å². The van der Waals surface area contributed by atoms with Gasteiger partial charge in [0.2, 0.25) is 0 Å². The molecule has 3 nitrogen and oxygen atoms in total. The SMILES string of the molecule is CCOC(=O)c1ccc(CCCBr)cc1OC. The average Bonchev–Trinajstić information content (AvgIpc) is 2.36. The molecule has 1 aromatic rings. The molecule has 0 fully saturated rings. The van der Waals surface area contributed by atoms with Gasteiger partial charge in [0.1, 0.15) is 11.3 Å². The van der Waals surface area contributed by atoms with Crippen molar-refractivity contribution in [1.82, 2.24) is 0 Å². The molecular formula is C13H17BrO3. The summed E-state index contributed by atoms with van der Waals surface area (Å²) < 4.78 is 10.2. The van der Waals surface area contributed by atoms with E-state index in [1.807, 2.05) is 12.1 Å². The fourth-order valence-electron chi connectivity index (χ4n) is 1.54. The van der Waals surface area contributed by atoms with Gasteiger partial charge in [0, 0.05) is 5.33 Å². The molecule has 0 amide bonds. The van der Waals surface area contributed by atoms with Gasteiger partial charge < -0.3 is 9.47 Å². The first-order valence-electron chi connectivity index (χ1n) is 5.63. The van der Waals surface area contributed by atoms with E-state index in [1.165, 1.54) is 0 Å². The number of carbonyl (C=O) groups excluding carboxylic acids is 1. The standard InChI is InChI=1S/C13H17BrO3/c1-3-17-13(15)11-7-6-10(5-4-8-14)9-12(11)16-2/h6-7,9H,3-5,8H2,1-2H3. The first-order chi connectivity index (χ1) is 8.22. The van der Waals surface area contributed by atoms with E-state index in [0.29, 0.717) is 17.9 Å². The number of esters is 1. The van der Waals surface area contributed by atoms with Crippen molar-refractivity contribution in [3.8, 4) is 5.75 Å². The summed E-state index contributed by atoms with van der Waals surface area (Å²) in [4.78, 5) is 11.6. The van der Waals surface area contributed by atoms with E-state index in [0.717, 1.165) is 23.7 Å². The topological polar surface area (TPSA) is 35.5 Å². The minimum atomic E-state index is -0.337. The molecule has 0 aliphatic rings. The number of alkyl halides is 1. The van der Waals surface area contributed by atoms with Crippen LogP contribution in [0, 0.1) is 0 Å². The van der Waals surface area contributed by atoms with Crippen molar-refractivity contribution >= 4 is 21.9 Å². The van der Waals surface area contributed by atoms with Gasteiger partial charge in [0.15, 0.2) is 0 Å². The second-order valence-electron chi connectivity index (χ2n) is 3.55. The van der Waals surface area contributed by atoms with Gasteiger partial charge in [-0.15, -0.1) is 0 Å². The molecule has 1 rings (SSSR count). The molecule has 0 unspecified atom stereocenters. The van der Waals surface area contributed by atoms with Gasteiger partial charge in [-0.3, -0.25) is 0 Å². The molecule has 0 bridgehead atoms. The van der Waals surface area contributed by atoms with Crippen LogP contribution >= 0.6 is 15.9 Å². The van der Waals surface area contributed by atoms with Crippen molar-refractivity contribution < 1.29 is 14.3 Å². The van der Waals surface area contributed by atoms with Gasteiger partial charge in [-0.05, 0) is 37.5 Å². The Morgan fingerprint density at radius 3 is 2.76 bits per heavy atom. The monoisotopic (exact) mass is 300 g/mol. The van der Waals surface area contributed by atoms with E-state index in [4.69, 9.17) is 9.47 Å². The highest BCUT2D eigenvalue weighted by Gasteiger charge is 2.13. The van der Waals surface area contributed by atoms with E-state index in [-0.39, 0.29) is 5.97 Å². The van der Waals surface area contributed by atoms with Crippen LogP contribution < -0.4 is 4.74 Å². The largest absolute Gasteiger partial charge is 0.496 e. The molecule has 0 saturated heterocycles. The fraction of sp³-hybridized carbons (Fsp3) is 0.462. The number of hydrogen-bond acceptors (Lipinski definition) is 3. The van der Waals surface area contributed by atoms with Gasteiger partial charge in [-0.2, -0.15) is 0 Å². The molecule has 17 heavy (non-hydrogen) atoms. The summed E-state index contributed by atoms with van der Waals surface area (Å²) in [7, 11) is 1.56. The third-order valence-corrected chi connectivity index (χ3v) is 2.92. The first kappa shape index (κ1) is 14.0. The third-order valence-electron chi connectivity index (χ3n) is 2.36. The number of methoxy groups -OCH3 is 1. The van der Waals surface area contributed by atoms with Gasteiger partial charge >= 0.3 is 5.97 Å². The van der Waals surface area contributed by atoms with Crippen molar-refractivity contribution in [2.75, 3.05) is 19.0 Å². The molecule has 0 radical (unpaired) electrons. The van der Waals surface area contributed by atoms with Crippen LogP contribution in [0.4, 0.5) is 0 Å². The van der Waals surface area contributed by atoms with Gasteiger partial charge in [0.05, 0.1) is 13.7 Å². The summed E-state index contributed by atoms with van der Waals surface area (Å²) >= 11 is 3.40.